The molecule has 2 heterocycles. The predicted molar refractivity (Wildman–Crippen MR) is 82.5 cm³/mol. The van der Waals surface area contributed by atoms with Crippen molar-refractivity contribution in [3.05, 3.63) is 16.5 Å². The Kier molecular flexibility index (Phi) is 4.94. The summed E-state index contributed by atoms with van der Waals surface area (Å²) in [6.45, 7) is 6.01. The first kappa shape index (κ1) is 15.3. The highest BCUT2D eigenvalue weighted by atomic mass is 32.2. The van der Waals surface area contributed by atoms with E-state index in [4.69, 9.17) is 0 Å². The Labute approximate surface area is 123 Å². The molecule has 0 saturated carbocycles. The summed E-state index contributed by atoms with van der Waals surface area (Å²) < 4.78 is 27.3. The molecule has 0 amide bonds. The van der Waals surface area contributed by atoms with Crippen LogP contribution in [0.5, 0.6) is 0 Å². The molecule has 1 aromatic rings. The Morgan fingerprint density at radius 2 is 2.26 bits per heavy atom. The van der Waals surface area contributed by atoms with Crippen molar-refractivity contribution in [3.8, 4) is 0 Å². The van der Waals surface area contributed by atoms with Gasteiger partial charge >= 0.3 is 0 Å². The third-order valence-corrected chi connectivity index (χ3v) is 7.82. The van der Waals surface area contributed by atoms with Crippen molar-refractivity contribution in [1.82, 2.24) is 9.62 Å². The van der Waals surface area contributed by atoms with Gasteiger partial charge in [-0.25, -0.2) is 8.42 Å². The van der Waals surface area contributed by atoms with E-state index in [1.807, 2.05) is 25.7 Å². The fraction of sp³-hybridized carbons (Fsp3) is 0.667. The molecule has 1 fully saturated rings. The molecule has 19 heavy (non-hydrogen) atoms. The monoisotopic (exact) mass is 320 g/mol. The molecule has 1 unspecified atom stereocenters. The van der Waals surface area contributed by atoms with Gasteiger partial charge in [-0.05, 0) is 25.6 Å². The second-order valence-corrected chi connectivity index (χ2v) is 9.59. The maximum Gasteiger partial charge on any atom is 0.252 e. The number of hydrogen-bond donors (Lipinski definition) is 1. The highest BCUT2D eigenvalue weighted by Crippen LogP contribution is 2.30. The lowest BCUT2D eigenvalue weighted by Gasteiger charge is -2.29. The van der Waals surface area contributed by atoms with Crippen LogP contribution in [0.25, 0.3) is 0 Å². The average Bonchev–Trinajstić information content (AvgIpc) is 2.72. The third-order valence-electron chi connectivity index (χ3n) is 3.13. The van der Waals surface area contributed by atoms with Gasteiger partial charge in [0, 0.05) is 35.5 Å². The van der Waals surface area contributed by atoms with Crippen molar-refractivity contribution in [1.29, 1.82) is 0 Å². The van der Waals surface area contributed by atoms with Crippen molar-refractivity contribution < 1.29 is 8.42 Å². The van der Waals surface area contributed by atoms with E-state index < -0.39 is 10.0 Å². The van der Waals surface area contributed by atoms with E-state index in [1.54, 1.807) is 10.4 Å². The van der Waals surface area contributed by atoms with Crippen LogP contribution in [0.4, 0.5) is 0 Å². The van der Waals surface area contributed by atoms with E-state index in [9.17, 15) is 8.42 Å². The number of hydrogen-bond acceptors (Lipinski definition) is 5. The summed E-state index contributed by atoms with van der Waals surface area (Å²) in [5, 5.41) is 3.45. The van der Waals surface area contributed by atoms with Crippen LogP contribution in [-0.2, 0) is 16.6 Å². The summed E-state index contributed by atoms with van der Waals surface area (Å²) >= 11 is 3.22. The molecule has 4 nitrogen and oxygen atoms in total. The van der Waals surface area contributed by atoms with Crippen LogP contribution in [0.1, 0.15) is 17.4 Å². The molecule has 1 N–H and O–H groups in total. The van der Waals surface area contributed by atoms with Gasteiger partial charge in [0.05, 0.1) is 0 Å². The number of aryl methyl sites for hydroxylation is 1. The molecule has 1 atom stereocenters. The van der Waals surface area contributed by atoms with Gasteiger partial charge in [0.1, 0.15) is 4.21 Å². The minimum absolute atomic E-state index is 0.376. The van der Waals surface area contributed by atoms with Crippen LogP contribution in [-0.4, -0.2) is 43.9 Å². The van der Waals surface area contributed by atoms with Crippen LogP contribution >= 0.6 is 23.1 Å². The Bertz CT molecular complexity index is 539. The summed E-state index contributed by atoms with van der Waals surface area (Å²) in [5.41, 5.74) is 1.05. The summed E-state index contributed by atoms with van der Waals surface area (Å²) in [6, 6.07) is 1.80. The van der Waals surface area contributed by atoms with Crippen LogP contribution in [0, 0.1) is 6.92 Å². The molecular formula is C12H20N2O2S3. The molecule has 0 spiro atoms. The van der Waals surface area contributed by atoms with Gasteiger partial charge in [-0.15, -0.1) is 11.3 Å². The van der Waals surface area contributed by atoms with E-state index in [2.05, 4.69) is 12.2 Å². The quantitative estimate of drug-likeness (QED) is 0.920. The highest BCUT2D eigenvalue weighted by Gasteiger charge is 2.30. The lowest BCUT2D eigenvalue weighted by atomic mass is 10.3. The molecule has 1 aliphatic rings. The van der Waals surface area contributed by atoms with Gasteiger partial charge in [-0.2, -0.15) is 16.1 Å². The van der Waals surface area contributed by atoms with Crippen LogP contribution in [0.3, 0.4) is 0 Å². The van der Waals surface area contributed by atoms with Crippen molar-refractivity contribution in [3.63, 3.8) is 0 Å². The second kappa shape index (κ2) is 6.13. The SMILES string of the molecule is CNCc1sc(S(=O)(=O)N2CCSC(C)C2)cc1C. The van der Waals surface area contributed by atoms with Crippen LogP contribution in [0.2, 0.25) is 0 Å². The van der Waals surface area contributed by atoms with E-state index in [0.29, 0.717) is 22.5 Å². The Hall–Kier alpha value is -0.0800. The van der Waals surface area contributed by atoms with Gasteiger partial charge in [0.25, 0.3) is 10.0 Å². The normalized spacial score (nSPS) is 21.7. The zero-order valence-electron chi connectivity index (χ0n) is 11.5. The van der Waals surface area contributed by atoms with Gasteiger partial charge in [-0.3, -0.25) is 0 Å². The number of thiophene rings is 1. The van der Waals surface area contributed by atoms with E-state index in [0.717, 1.165) is 22.7 Å². The molecular weight excluding hydrogens is 300 g/mol. The first-order valence-electron chi connectivity index (χ1n) is 6.31. The molecule has 0 bridgehead atoms. The van der Waals surface area contributed by atoms with Gasteiger partial charge in [0.2, 0.25) is 0 Å². The topological polar surface area (TPSA) is 49.4 Å². The fourth-order valence-corrected chi connectivity index (χ4v) is 6.59. The molecule has 0 aromatic carbocycles. The first-order valence-corrected chi connectivity index (χ1v) is 9.61. The third kappa shape index (κ3) is 3.33. The number of nitrogens with one attached hydrogen (secondary N) is 1. The standard InChI is InChI=1S/C12H20N2O2S3/c1-9-6-12(18-11(9)7-13-3)19(15,16)14-4-5-17-10(2)8-14/h6,10,13H,4-5,7-8H2,1-3H3. The molecule has 7 heteroatoms. The lowest BCUT2D eigenvalue weighted by Crippen LogP contribution is -2.40. The molecule has 0 aliphatic carbocycles. The molecule has 108 valence electrons. The maximum absolute atomic E-state index is 12.6. The van der Waals surface area contributed by atoms with Gasteiger partial charge < -0.3 is 5.32 Å². The number of rotatable bonds is 4. The molecule has 1 aromatic heterocycles. The Balaban J connectivity index is 2.26. The highest BCUT2D eigenvalue weighted by molar-refractivity contribution is 8.00. The van der Waals surface area contributed by atoms with Crippen molar-refractivity contribution >= 4 is 33.1 Å². The van der Waals surface area contributed by atoms with E-state index >= 15 is 0 Å². The van der Waals surface area contributed by atoms with E-state index in [1.165, 1.54) is 11.3 Å². The van der Waals surface area contributed by atoms with Gasteiger partial charge in [-0.1, -0.05) is 6.92 Å². The molecule has 2 rings (SSSR count). The van der Waals surface area contributed by atoms with Crippen molar-refractivity contribution in [2.45, 2.75) is 29.9 Å². The summed E-state index contributed by atoms with van der Waals surface area (Å²) in [4.78, 5) is 1.10. The molecule has 0 radical (unpaired) electrons. The maximum atomic E-state index is 12.6. The minimum Gasteiger partial charge on any atom is -0.315 e. The Morgan fingerprint density at radius 3 is 2.89 bits per heavy atom. The number of sulfonamides is 1. The van der Waals surface area contributed by atoms with Crippen molar-refractivity contribution in [2.75, 3.05) is 25.9 Å². The van der Waals surface area contributed by atoms with Gasteiger partial charge in [0.15, 0.2) is 0 Å². The summed E-state index contributed by atoms with van der Waals surface area (Å²) in [5.74, 6) is 0.883. The summed E-state index contributed by atoms with van der Waals surface area (Å²) in [7, 11) is -1.43. The summed E-state index contributed by atoms with van der Waals surface area (Å²) in [6.07, 6.45) is 0. The zero-order valence-corrected chi connectivity index (χ0v) is 13.9. The van der Waals surface area contributed by atoms with Crippen LogP contribution in [0.15, 0.2) is 10.3 Å². The first-order chi connectivity index (χ1) is 8.95. The Morgan fingerprint density at radius 1 is 1.53 bits per heavy atom. The lowest BCUT2D eigenvalue weighted by molar-refractivity contribution is 0.425. The zero-order chi connectivity index (χ0) is 14.0. The molecule has 1 saturated heterocycles. The number of nitrogens with zero attached hydrogens (tertiary/aromatic N) is 1. The van der Waals surface area contributed by atoms with Crippen molar-refractivity contribution in [2.24, 2.45) is 0 Å². The predicted octanol–water partition coefficient (Wildman–Crippen LogP) is 1.90. The average molecular weight is 321 g/mol. The fourth-order valence-electron chi connectivity index (χ4n) is 2.08. The minimum atomic E-state index is -3.30. The largest absolute Gasteiger partial charge is 0.315 e. The molecule has 1 aliphatic heterocycles. The van der Waals surface area contributed by atoms with Crippen LogP contribution < -0.4 is 5.32 Å². The smallest absolute Gasteiger partial charge is 0.252 e. The second-order valence-electron chi connectivity index (χ2n) is 4.75. The van der Waals surface area contributed by atoms with E-state index in [-0.39, 0.29) is 0 Å². The number of thioether (sulfide) groups is 1.